The first-order chi connectivity index (χ1) is 10.0. The molecule has 0 heterocycles. The van der Waals surface area contributed by atoms with Crippen molar-refractivity contribution in [3.8, 4) is 11.5 Å². The second-order valence-corrected chi connectivity index (χ2v) is 5.09. The highest BCUT2D eigenvalue weighted by atomic mass is 32.2. The van der Waals surface area contributed by atoms with Crippen LogP contribution < -0.4 is 4.74 Å². The van der Waals surface area contributed by atoms with Crippen molar-refractivity contribution in [2.75, 3.05) is 6.26 Å². The first kappa shape index (κ1) is 15.1. The van der Waals surface area contributed by atoms with E-state index in [2.05, 4.69) is 0 Å². The van der Waals surface area contributed by atoms with Gasteiger partial charge in [0.1, 0.15) is 11.5 Å². The number of benzene rings is 2. The molecule has 0 aliphatic heterocycles. The quantitative estimate of drug-likeness (QED) is 0.356. The third-order valence-corrected chi connectivity index (χ3v) is 3.62. The largest absolute Gasteiger partial charge is 0.456 e. The molecule has 0 bridgehead atoms. The van der Waals surface area contributed by atoms with Crippen molar-refractivity contribution in [3.63, 3.8) is 0 Å². The number of hydrogen-bond acceptors (Lipinski definition) is 5. The van der Waals surface area contributed by atoms with Crippen molar-refractivity contribution in [2.45, 2.75) is 11.8 Å². The topological polar surface area (TPSA) is 69.4 Å². The molecular formula is C15H13NO4S. The molecule has 2 aromatic rings. The smallest absolute Gasteiger partial charge is 0.283 e. The Hall–Kier alpha value is -2.34. The average molecular weight is 303 g/mol. The lowest BCUT2D eigenvalue weighted by Gasteiger charge is -2.10. The molecule has 0 aromatic heterocycles. The Morgan fingerprint density at radius 3 is 2.57 bits per heavy atom. The van der Waals surface area contributed by atoms with Gasteiger partial charge in [-0.15, -0.1) is 11.8 Å². The second kappa shape index (κ2) is 6.41. The van der Waals surface area contributed by atoms with Crippen LogP contribution in [0, 0.1) is 10.1 Å². The second-order valence-electron chi connectivity index (χ2n) is 4.25. The summed E-state index contributed by atoms with van der Waals surface area (Å²) in [4.78, 5) is 22.8. The van der Waals surface area contributed by atoms with Gasteiger partial charge in [0.15, 0.2) is 5.78 Å². The van der Waals surface area contributed by atoms with E-state index < -0.39 is 4.92 Å². The number of Topliss-reactive ketones (excluding diaryl/α,β-unsaturated/α-hetero) is 1. The lowest BCUT2D eigenvalue weighted by Crippen LogP contribution is -2.00. The maximum Gasteiger partial charge on any atom is 0.283 e. The van der Waals surface area contributed by atoms with Gasteiger partial charge in [0.05, 0.1) is 16.6 Å². The lowest BCUT2D eigenvalue weighted by atomic mass is 10.1. The van der Waals surface area contributed by atoms with Crippen LogP contribution in [0.1, 0.15) is 17.3 Å². The van der Waals surface area contributed by atoms with E-state index in [4.69, 9.17) is 4.74 Å². The van der Waals surface area contributed by atoms with Gasteiger partial charge in [-0.1, -0.05) is 12.1 Å². The number of ketones is 1. The minimum absolute atomic E-state index is 0.0745. The summed E-state index contributed by atoms with van der Waals surface area (Å²) in [5, 5.41) is 11.0. The molecule has 0 saturated carbocycles. The average Bonchev–Trinajstić information content (AvgIpc) is 2.47. The molecule has 2 aromatic carbocycles. The molecule has 6 heteroatoms. The Morgan fingerprint density at radius 2 is 1.95 bits per heavy atom. The Morgan fingerprint density at radius 1 is 1.24 bits per heavy atom. The summed E-state index contributed by atoms with van der Waals surface area (Å²) in [6.07, 6.45) is 1.92. The molecule has 0 atom stereocenters. The summed E-state index contributed by atoms with van der Waals surface area (Å²) in [6.45, 7) is 1.30. The van der Waals surface area contributed by atoms with Gasteiger partial charge in [-0.05, 0) is 37.4 Å². The highest BCUT2D eigenvalue weighted by molar-refractivity contribution is 7.98. The van der Waals surface area contributed by atoms with E-state index in [1.54, 1.807) is 12.1 Å². The Kier molecular flexibility index (Phi) is 4.59. The van der Waals surface area contributed by atoms with Gasteiger partial charge in [0, 0.05) is 4.90 Å². The maximum atomic E-state index is 11.4. The number of rotatable bonds is 5. The van der Waals surface area contributed by atoms with Gasteiger partial charge in [-0.3, -0.25) is 14.9 Å². The van der Waals surface area contributed by atoms with Crippen molar-refractivity contribution in [1.29, 1.82) is 0 Å². The van der Waals surface area contributed by atoms with E-state index in [1.807, 2.05) is 24.5 Å². The first-order valence-electron chi connectivity index (χ1n) is 6.13. The van der Waals surface area contributed by atoms with Crippen LogP contribution in [0.4, 0.5) is 5.69 Å². The molecule has 0 radical (unpaired) electrons. The van der Waals surface area contributed by atoms with Crippen LogP contribution in [0.15, 0.2) is 47.4 Å². The molecule has 0 spiro atoms. The maximum absolute atomic E-state index is 11.4. The monoisotopic (exact) mass is 303 g/mol. The number of carbonyl (C=O) groups is 1. The van der Waals surface area contributed by atoms with Gasteiger partial charge in [0.25, 0.3) is 5.69 Å². The molecule has 108 valence electrons. The third kappa shape index (κ3) is 3.41. The summed E-state index contributed by atoms with van der Waals surface area (Å²) >= 11 is 1.52. The van der Waals surface area contributed by atoms with Crippen LogP contribution in [-0.4, -0.2) is 17.0 Å². The van der Waals surface area contributed by atoms with E-state index in [9.17, 15) is 14.9 Å². The molecule has 5 nitrogen and oxygen atoms in total. The van der Waals surface area contributed by atoms with Crippen LogP contribution in [0.2, 0.25) is 0 Å². The van der Waals surface area contributed by atoms with Gasteiger partial charge >= 0.3 is 0 Å². The third-order valence-electron chi connectivity index (χ3n) is 2.84. The number of nitro benzene ring substituents is 1. The van der Waals surface area contributed by atoms with E-state index in [-0.39, 0.29) is 17.0 Å². The number of carbonyl (C=O) groups excluding carboxylic acids is 1. The minimum Gasteiger partial charge on any atom is -0.456 e. The van der Waals surface area contributed by atoms with E-state index in [0.717, 1.165) is 4.90 Å². The molecule has 0 aliphatic rings. The number of para-hydroxylation sites is 1. The van der Waals surface area contributed by atoms with Crippen LogP contribution >= 0.6 is 11.8 Å². The summed E-state index contributed by atoms with van der Waals surface area (Å²) in [5.41, 5.74) is -0.174. The highest BCUT2D eigenvalue weighted by Crippen LogP contribution is 2.33. The molecule has 2 rings (SSSR count). The van der Waals surface area contributed by atoms with Gasteiger partial charge < -0.3 is 4.74 Å². The molecule has 0 unspecified atom stereocenters. The zero-order chi connectivity index (χ0) is 15.4. The van der Waals surface area contributed by atoms with E-state index in [0.29, 0.717) is 11.5 Å². The van der Waals surface area contributed by atoms with Crippen LogP contribution in [0.3, 0.4) is 0 Å². The van der Waals surface area contributed by atoms with Crippen molar-refractivity contribution in [2.24, 2.45) is 0 Å². The van der Waals surface area contributed by atoms with Crippen molar-refractivity contribution in [1.82, 2.24) is 0 Å². The predicted molar refractivity (Wildman–Crippen MR) is 81.4 cm³/mol. The number of nitro groups is 1. The number of hydrogen-bond donors (Lipinski definition) is 0. The molecule has 21 heavy (non-hydrogen) atoms. The number of thioether (sulfide) groups is 1. The van der Waals surface area contributed by atoms with Gasteiger partial charge in [0.2, 0.25) is 0 Å². The molecule has 0 saturated heterocycles. The SMILES string of the molecule is CSc1ccccc1Oc1ccc(C(C)=O)c([N+](=O)[O-])c1. The first-order valence-corrected chi connectivity index (χ1v) is 7.35. The van der Waals surface area contributed by atoms with Gasteiger partial charge in [-0.25, -0.2) is 0 Å². The summed E-state index contributed by atoms with van der Waals surface area (Å²) < 4.78 is 5.69. The number of nitrogens with zero attached hydrogens (tertiary/aromatic N) is 1. The normalized spacial score (nSPS) is 10.2. The van der Waals surface area contributed by atoms with Gasteiger partial charge in [-0.2, -0.15) is 0 Å². The molecule has 0 N–H and O–H groups in total. The minimum atomic E-state index is -0.579. The van der Waals surface area contributed by atoms with Crippen LogP contribution in [-0.2, 0) is 0 Å². The lowest BCUT2D eigenvalue weighted by molar-refractivity contribution is -0.385. The summed E-state index contributed by atoms with van der Waals surface area (Å²) in [7, 11) is 0. The molecular weight excluding hydrogens is 290 g/mol. The van der Waals surface area contributed by atoms with E-state index >= 15 is 0 Å². The molecule has 0 fully saturated rings. The van der Waals surface area contributed by atoms with Crippen molar-refractivity contribution < 1.29 is 14.5 Å². The van der Waals surface area contributed by atoms with Crippen molar-refractivity contribution in [3.05, 3.63) is 58.1 Å². The summed E-state index contributed by atoms with van der Waals surface area (Å²) in [6, 6.07) is 11.6. The Labute approximate surface area is 126 Å². The summed E-state index contributed by atoms with van der Waals surface area (Å²) in [5.74, 6) is 0.598. The van der Waals surface area contributed by atoms with Crippen molar-refractivity contribution >= 4 is 23.2 Å². The Balaban J connectivity index is 2.39. The Bertz CT molecular complexity index is 700. The van der Waals surface area contributed by atoms with E-state index in [1.165, 1.54) is 30.8 Å². The highest BCUT2D eigenvalue weighted by Gasteiger charge is 2.18. The number of ether oxygens (including phenoxy) is 1. The fourth-order valence-corrected chi connectivity index (χ4v) is 2.38. The molecule has 0 amide bonds. The predicted octanol–water partition coefficient (Wildman–Crippen LogP) is 4.31. The zero-order valence-corrected chi connectivity index (χ0v) is 12.3. The fourth-order valence-electron chi connectivity index (χ4n) is 1.85. The standard InChI is InChI=1S/C15H13NO4S/c1-10(17)12-8-7-11(9-13(12)16(18)19)20-14-5-3-4-6-15(14)21-2/h3-9H,1-2H3. The van der Waals surface area contributed by atoms with Crippen LogP contribution in [0.5, 0.6) is 11.5 Å². The zero-order valence-electron chi connectivity index (χ0n) is 11.5. The van der Waals surface area contributed by atoms with Crippen LogP contribution in [0.25, 0.3) is 0 Å². The fraction of sp³-hybridized carbons (Fsp3) is 0.133. The molecule has 0 aliphatic carbocycles.